The zero-order chi connectivity index (χ0) is 13.4. The molecule has 0 aliphatic carbocycles. The minimum absolute atomic E-state index is 0.592. The second kappa shape index (κ2) is 5.43. The SMILES string of the molecule is CN1C2CCC1CN(c1ccc(CN)c(Br)c1)CC2. The Morgan fingerprint density at radius 1 is 1.26 bits per heavy atom. The van der Waals surface area contributed by atoms with Crippen LogP contribution in [0.1, 0.15) is 24.8 Å². The van der Waals surface area contributed by atoms with Gasteiger partial charge in [-0.2, -0.15) is 0 Å². The van der Waals surface area contributed by atoms with Crippen molar-refractivity contribution in [3.05, 3.63) is 28.2 Å². The molecular weight excluding hydrogens is 302 g/mol. The number of rotatable bonds is 2. The molecule has 2 atom stereocenters. The summed E-state index contributed by atoms with van der Waals surface area (Å²) < 4.78 is 1.13. The predicted octanol–water partition coefficient (Wildman–Crippen LogP) is 2.58. The highest BCUT2D eigenvalue weighted by atomic mass is 79.9. The Morgan fingerprint density at radius 3 is 2.79 bits per heavy atom. The fourth-order valence-corrected chi connectivity index (χ4v) is 3.97. The average Bonchev–Trinajstić information content (AvgIpc) is 2.63. The number of hydrogen-bond acceptors (Lipinski definition) is 3. The maximum absolute atomic E-state index is 5.72. The van der Waals surface area contributed by atoms with Gasteiger partial charge in [0.2, 0.25) is 0 Å². The van der Waals surface area contributed by atoms with Crippen LogP contribution in [0.15, 0.2) is 22.7 Å². The summed E-state index contributed by atoms with van der Waals surface area (Å²) in [6.07, 6.45) is 4.01. The van der Waals surface area contributed by atoms with Crippen LogP contribution in [0.4, 0.5) is 5.69 Å². The van der Waals surface area contributed by atoms with Crippen molar-refractivity contribution in [2.24, 2.45) is 5.73 Å². The van der Waals surface area contributed by atoms with Crippen molar-refractivity contribution in [3.8, 4) is 0 Å². The lowest BCUT2D eigenvalue weighted by Gasteiger charge is -2.28. The number of halogens is 1. The third-order valence-electron chi connectivity index (χ3n) is 4.77. The quantitative estimate of drug-likeness (QED) is 0.908. The molecule has 104 valence electrons. The summed E-state index contributed by atoms with van der Waals surface area (Å²) >= 11 is 3.63. The third kappa shape index (κ3) is 2.54. The van der Waals surface area contributed by atoms with Crippen molar-refractivity contribution >= 4 is 21.6 Å². The minimum atomic E-state index is 0.592. The molecule has 3 nitrogen and oxygen atoms in total. The molecule has 4 heteroatoms. The van der Waals surface area contributed by atoms with Crippen LogP contribution in [0.25, 0.3) is 0 Å². The summed E-state index contributed by atoms with van der Waals surface area (Å²) in [6.45, 7) is 2.91. The summed E-state index contributed by atoms with van der Waals surface area (Å²) in [5.41, 5.74) is 8.22. The molecule has 0 radical (unpaired) electrons. The highest BCUT2D eigenvalue weighted by molar-refractivity contribution is 9.10. The molecule has 19 heavy (non-hydrogen) atoms. The second-order valence-electron chi connectivity index (χ2n) is 5.76. The lowest BCUT2D eigenvalue weighted by atomic mass is 10.1. The van der Waals surface area contributed by atoms with E-state index in [1.54, 1.807) is 0 Å². The Balaban J connectivity index is 1.81. The van der Waals surface area contributed by atoms with E-state index in [4.69, 9.17) is 5.73 Å². The Kier molecular flexibility index (Phi) is 3.83. The molecule has 2 aliphatic rings. The Hall–Kier alpha value is -0.580. The first-order valence-electron chi connectivity index (χ1n) is 7.14. The smallest absolute Gasteiger partial charge is 0.0378 e. The van der Waals surface area contributed by atoms with Gasteiger partial charge in [0, 0.05) is 41.9 Å². The first kappa shape index (κ1) is 13.4. The molecule has 0 saturated carbocycles. The van der Waals surface area contributed by atoms with E-state index in [1.165, 1.54) is 37.1 Å². The van der Waals surface area contributed by atoms with Gasteiger partial charge in [-0.05, 0) is 44.0 Å². The van der Waals surface area contributed by atoms with Crippen molar-refractivity contribution in [3.63, 3.8) is 0 Å². The first-order chi connectivity index (χ1) is 9.19. The summed E-state index contributed by atoms with van der Waals surface area (Å²) in [5.74, 6) is 0. The third-order valence-corrected chi connectivity index (χ3v) is 5.51. The molecule has 1 aromatic rings. The van der Waals surface area contributed by atoms with Gasteiger partial charge in [0.1, 0.15) is 0 Å². The normalized spacial score (nSPS) is 27.6. The topological polar surface area (TPSA) is 32.5 Å². The number of likely N-dealkylation sites (N-methyl/N-ethyl adjacent to an activating group) is 1. The van der Waals surface area contributed by atoms with E-state index in [2.05, 4.69) is 51.0 Å². The fraction of sp³-hybridized carbons (Fsp3) is 0.600. The molecule has 2 heterocycles. The summed E-state index contributed by atoms with van der Waals surface area (Å²) in [7, 11) is 2.29. The summed E-state index contributed by atoms with van der Waals surface area (Å²) in [5, 5.41) is 0. The van der Waals surface area contributed by atoms with Gasteiger partial charge < -0.3 is 10.6 Å². The van der Waals surface area contributed by atoms with Gasteiger partial charge in [0.05, 0.1) is 0 Å². The van der Waals surface area contributed by atoms with Gasteiger partial charge in [0.15, 0.2) is 0 Å². The maximum Gasteiger partial charge on any atom is 0.0378 e. The lowest BCUT2D eigenvalue weighted by Crippen LogP contribution is -2.36. The second-order valence-corrected chi connectivity index (χ2v) is 6.62. The van der Waals surface area contributed by atoms with E-state index in [9.17, 15) is 0 Å². The Labute approximate surface area is 123 Å². The molecule has 2 unspecified atom stereocenters. The van der Waals surface area contributed by atoms with Crippen LogP contribution in [0.2, 0.25) is 0 Å². The lowest BCUT2D eigenvalue weighted by molar-refractivity contribution is 0.254. The van der Waals surface area contributed by atoms with E-state index in [-0.39, 0.29) is 0 Å². The molecule has 2 bridgehead atoms. The zero-order valence-corrected chi connectivity index (χ0v) is 13.1. The van der Waals surface area contributed by atoms with Crippen molar-refractivity contribution in [1.82, 2.24) is 4.90 Å². The van der Waals surface area contributed by atoms with Crippen molar-refractivity contribution in [2.75, 3.05) is 25.0 Å². The summed E-state index contributed by atoms with van der Waals surface area (Å²) in [6, 6.07) is 8.10. The molecule has 0 aromatic heterocycles. The van der Waals surface area contributed by atoms with Gasteiger partial charge in [-0.25, -0.2) is 0 Å². The Morgan fingerprint density at radius 2 is 2.05 bits per heavy atom. The van der Waals surface area contributed by atoms with E-state index < -0.39 is 0 Å². The zero-order valence-electron chi connectivity index (χ0n) is 11.5. The number of benzene rings is 1. The molecule has 2 aliphatic heterocycles. The monoisotopic (exact) mass is 323 g/mol. The van der Waals surface area contributed by atoms with Crippen LogP contribution in [-0.4, -0.2) is 37.1 Å². The summed E-state index contributed by atoms with van der Waals surface area (Å²) in [4.78, 5) is 5.12. The van der Waals surface area contributed by atoms with Gasteiger partial charge >= 0.3 is 0 Å². The van der Waals surface area contributed by atoms with Gasteiger partial charge in [-0.3, -0.25) is 4.90 Å². The van der Waals surface area contributed by atoms with Crippen molar-refractivity contribution in [2.45, 2.75) is 37.9 Å². The van der Waals surface area contributed by atoms with Gasteiger partial charge in [-0.15, -0.1) is 0 Å². The average molecular weight is 324 g/mol. The fourth-order valence-electron chi connectivity index (χ4n) is 3.44. The van der Waals surface area contributed by atoms with Crippen LogP contribution in [0, 0.1) is 0 Å². The number of nitrogens with zero attached hydrogens (tertiary/aromatic N) is 2. The molecule has 2 fully saturated rings. The van der Waals surface area contributed by atoms with E-state index in [0.29, 0.717) is 6.54 Å². The molecular formula is C15H22BrN3. The van der Waals surface area contributed by atoms with Crippen LogP contribution in [-0.2, 0) is 6.54 Å². The molecule has 0 spiro atoms. The standard InChI is InChI=1S/C15H22BrN3/c1-18-12-4-5-14(18)10-19(7-6-12)13-3-2-11(9-17)15(16)8-13/h2-3,8,12,14H,4-7,9-10,17H2,1H3. The number of hydrogen-bond donors (Lipinski definition) is 1. The van der Waals surface area contributed by atoms with Crippen LogP contribution in [0.5, 0.6) is 0 Å². The number of fused-ring (bicyclic) bond motifs is 2. The van der Waals surface area contributed by atoms with E-state index >= 15 is 0 Å². The van der Waals surface area contributed by atoms with E-state index in [1.807, 2.05) is 0 Å². The predicted molar refractivity (Wildman–Crippen MR) is 83.4 cm³/mol. The highest BCUT2D eigenvalue weighted by Gasteiger charge is 2.34. The molecule has 2 saturated heterocycles. The number of anilines is 1. The largest absolute Gasteiger partial charge is 0.370 e. The number of nitrogens with two attached hydrogens (primary N) is 1. The maximum atomic E-state index is 5.72. The van der Waals surface area contributed by atoms with Gasteiger partial charge in [-0.1, -0.05) is 22.0 Å². The van der Waals surface area contributed by atoms with Crippen LogP contribution < -0.4 is 10.6 Å². The molecule has 2 N–H and O–H groups in total. The van der Waals surface area contributed by atoms with Crippen LogP contribution in [0.3, 0.4) is 0 Å². The van der Waals surface area contributed by atoms with Gasteiger partial charge in [0.25, 0.3) is 0 Å². The van der Waals surface area contributed by atoms with E-state index in [0.717, 1.165) is 23.1 Å². The Bertz CT molecular complexity index is 463. The van der Waals surface area contributed by atoms with Crippen molar-refractivity contribution in [1.29, 1.82) is 0 Å². The van der Waals surface area contributed by atoms with Crippen molar-refractivity contribution < 1.29 is 0 Å². The molecule has 0 amide bonds. The van der Waals surface area contributed by atoms with Crippen LogP contribution >= 0.6 is 15.9 Å². The molecule has 3 rings (SSSR count). The molecule has 1 aromatic carbocycles. The minimum Gasteiger partial charge on any atom is -0.370 e. The first-order valence-corrected chi connectivity index (χ1v) is 7.93. The highest BCUT2D eigenvalue weighted by Crippen LogP contribution is 2.32.